The number of allylic oxidation sites excluding steroid dienone is 1. The first-order chi connectivity index (χ1) is 14.9. The van der Waals surface area contributed by atoms with Crippen LogP contribution in [0.15, 0.2) is 67.9 Å². The van der Waals surface area contributed by atoms with Gasteiger partial charge in [0.05, 0.1) is 11.5 Å². The van der Waals surface area contributed by atoms with Gasteiger partial charge in [-0.15, -0.1) is 0 Å². The Labute approximate surface area is 177 Å². The van der Waals surface area contributed by atoms with Crippen LogP contribution in [0.4, 0.5) is 0 Å². The van der Waals surface area contributed by atoms with Crippen molar-refractivity contribution >= 4 is 0 Å². The molecule has 1 aliphatic heterocycles. The van der Waals surface area contributed by atoms with Crippen LogP contribution in [0, 0.1) is 11.3 Å². The molecule has 3 heterocycles. The molecule has 0 bridgehead atoms. The summed E-state index contributed by atoms with van der Waals surface area (Å²) in [4.78, 5) is 25.3. The minimum absolute atomic E-state index is 0.0288. The summed E-state index contributed by atoms with van der Waals surface area (Å²) in [7, 11) is 2.88. The van der Waals surface area contributed by atoms with Crippen LogP contribution < -0.4 is 21.7 Å². The number of benzene rings is 1. The number of furan rings is 1. The summed E-state index contributed by atoms with van der Waals surface area (Å²) in [6.07, 6.45) is 0.973. The van der Waals surface area contributed by atoms with E-state index in [1.54, 1.807) is 6.07 Å². The van der Waals surface area contributed by atoms with Gasteiger partial charge in [-0.2, -0.15) is 5.26 Å². The fourth-order valence-corrected chi connectivity index (χ4v) is 4.37. The molecule has 1 aromatic carbocycles. The number of hydrogen-bond acceptors (Lipinski definition) is 6. The molecule has 2 N–H and O–H groups in total. The molecule has 2 aromatic heterocycles. The third-order valence-electron chi connectivity index (χ3n) is 6.13. The number of nitrogens with zero attached hydrogens (tertiary/aromatic N) is 3. The zero-order valence-corrected chi connectivity index (χ0v) is 17.0. The molecule has 8 heteroatoms. The molecule has 31 heavy (non-hydrogen) atoms. The van der Waals surface area contributed by atoms with E-state index in [9.17, 15) is 14.9 Å². The average Bonchev–Trinajstić information content (AvgIpc) is 3.44. The third-order valence-corrected chi connectivity index (χ3v) is 6.13. The molecule has 1 fully saturated rings. The van der Waals surface area contributed by atoms with Crippen LogP contribution in [0.25, 0.3) is 0 Å². The first-order valence-corrected chi connectivity index (χ1v) is 9.94. The van der Waals surface area contributed by atoms with E-state index in [0.29, 0.717) is 11.7 Å². The van der Waals surface area contributed by atoms with Gasteiger partial charge in [0, 0.05) is 20.0 Å². The largest absolute Gasteiger partial charge is 0.465 e. The second-order valence-electron chi connectivity index (χ2n) is 7.95. The van der Waals surface area contributed by atoms with Crippen LogP contribution in [0.1, 0.15) is 46.8 Å². The molecule has 1 aliphatic carbocycles. The smallest absolute Gasteiger partial charge is 0.333 e. The van der Waals surface area contributed by atoms with Crippen molar-refractivity contribution in [3.05, 3.63) is 97.4 Å². The monoisotopic (exact) mass is 416 g/mol. The van der Waals surface area contributed by atoms with E-state index in [-0.39, 0.29) is 28.8 Å². The van der Waals surface area contributed by atoms with Gasteiger partial charge in [0.15, 0.2) is 0 Å². The van der Waals surface area contributed by atoms with E-state index >= 15 is 0 Å². The molecule has 0 spiro atoms. The Morgan fingerprint density at radius 1 is 1.03 bits per heavy atom. The van der Waals surface area contributed by atoms with Gasteiger partial charge in [0.2, 0.25) is 11.8 Å². The van der Waals surface area contributed by atoms with E-state index in [1.807, 2.05) is 30.3 Å². The molecule has 156 valence electrons. The van der Waals surface area contributed by atoms with Gasteiger partial charge in [0.25, 0.3) is 5.56 Å². The highest BCUT2D eigenvalue weighted by Crippen LogP contribution is 2.55. The van der Waals surface area contributed by atoms with Crippen LogP contribution >= 0.6 is 0 Å². The van der Waals surface area contributed by atoms with Gasteiger partial charge in [-0.3, -0.25) is 13.9 Å². The quantitative estimate of drug-likeness (QED) is 0.699. The van der Waals surface area contributed by atoms with Gasteiger partial charge in [0.1, 0.15) is 23.2 Å². The van der Waals surface area contributed by atoms with Crippen LogP contribution in [-0.2, 0) is 14.1 Å². The maximum atomic E-state index is 13.0. The number of aromatic nitrogens is 2. The number of rotatable bonds is 3. The maximum absolute atomic E-state index is 13.0. The second kappa shape index (κ2) is 6.77. The Morgan fingerprint density at radius 3 is 2.45 bits per heavy atom. The zero-order valence-electron chi connectivity index (χ0n) is 17.0. The summed E-state index contributed by atoms with van der Waals surface area (Å²) in [5.41, 5.74) is 6.40. The van der Waals surface area contributed by atoms with E-state index in [4.69, 9.17) is 14.9 Å². The van der Waals surface area contributed by atoms with Crippen molar-refractivity contribution in [1.82, 2.24) is 9.13 Å². The summed E-state index contributed by atoms with van der Waals surface area (Å²) >= 11 is 0. The lowest BCUT2D eigenvalue weighted by atomic mass is 9.89. The fraction of sp³-hybridized carbons (Fsp3) is 0.261. The predicted octanol–water partition coefficient (Wildman–Crippen LogP) is 2.17. The van der Waals surface area contributed by atoms with Gasteiger partial charge in [-0.05, 0) is 30.0 Å². The fourth-order valence-electron chi connectivity index (χ4n) is 4.37. The lowest BCUT2D eigenvalue weighted by Crippen LogP contribution is -2.42. The molecule has 5 rings (SSSR count). The molecular formula is C23H20N4O4. The van der Waals surface area contributed by atoms with Crippen molar-refractivity contribution in [2.24, 2.45) is 19.8 Å². The molecular weight excluding hydrogens is 396 g/mol. The van der Waals surface area contributed by atoms with Crippen LogP contribution in [0.5, 0.6) is 5.88 Å². The second-order valence-corrected chi connectivity index (χ2v) is 7.95. The van der Waals surface area contributed by atoms with E-state index in [1.165, 1.54) is 24.2 Å². The highest BCUT2D eigenvalue weighted by atomic mass is 16.5. The van der Waals surface area contributed by atoms with Gasteiger partial charge < -0.3 is 14.9 Å². The van der Waals surface area contributed by atoms with Crippen molar-refractivity contribution in [3.8, 4) is 11.9 Å². The number of nitriles is 1. The van der Waals surface area contributed by atoms with E-state index in [0.717, 1.165) is 16.7 Å². The number of nitrogens with two attached hydrogens (primary N) is 1. The highest BCUT2D eigenvalue weighted by Gasteiger charge is 2.43. The van der Waals surface area contributed by atoms with Gasteiger partial charge >= 0.3 is 5.69 Å². The predicted molar refractivity (Wildman–Crippen MR) is 111 cm³/mol. The number of hydrogen-bond donors (Lipinski definition) is 1. The van der Waals surface area contributed by atoms with Crippen molar-refractivity contribution < 1.29 is 9.15 Å². The first-order valence-electron chi connectivity index (χ1n) is 9.94. The van der Waals surface area contributed by atoms with Crippen molar-refractivity contribution in [2.45, 2.75) is 24.2 Å². The Hall–Kier alpha value is -3.99. The molecule has 3 atom stereocenters. The van der Waals surface area contributed by atoms with E-state index < -0.39 is 17.2 Å². The van der Waals surface area contributed by atoms with Crippen molar-refractivity contribution in [2.75, 3.05) is 0 Å². The Bertz CT molecular complexity index is 1390. The van der Waals surface area contributed by atoms with Crippen LogP contribution in [0.3, 0.4) is 0 Å². The third kappa shape index (κ3) is 2.81. The van der Waals surface area contributed by atoms with Crippen molar-refractivity contribution in [1.29, 1.82) is 5.26 Å². The molecule has 1 saturated carbocycles. The number of fused-ring (bicyclic) bond motifs is 1. The maximum Gasteiger partial charge on any atom is 0.333 e. The van der Waals surface area contributed by atoms with Gasteiger partial charge in [-0.1, -0.05) is 30.3 Å². The molecule has 0 radical (unpaired) electrons. The van der Waals surface area contributed by atoms with Crippen molar-refractivity contribution in [3.63, 3.8) is 0 Å². The molecule has 0 saturated heterocycles. The summed E-state index contributed by atoms with van der Waals surface area (Å²) in [5, 5.41) is 9.73. The average molecular weight is 416 g/mol. The highest BCUT2D eigenvalue weighted by molar-refractivity contribution is 5.51. The Balaban J connectivity index is 1.60. The standard InChI is InChI=1S/C23H20N4O4/c1-26-21(28)19-18(15(11-24)20(25)31-22(19)27(2)23(26)29)17-9-8-16(30-17)14-10-13(14)12-6-4-3-5-7-12/h3-9,13-14,18H,10,25H2,1-2H3/t13-,14-,18-/m0/s1. The van der Waals surface area contributed by atoms with E-state index in [2.05, 4.69) is 12.1 Å². The minimum Gasteiger partial charge on any atom is -0.465 e. The van der Waals surface area contributed by atoms with Crippen LogP contribution in [-0.4, -0.2) is 9.13 Å². The molecule has 0 unspecified atom stereocenters. The normalized spacial score (nSPS) is 21.9. The topological polar surface area (TPSA) is 116 Å². The summed E-state index contributed by atoms with van der Waals surface area (Å²) in [6, 6.07) is 15.9. The lowest BCUT2D eigenvalue weighted by Gasteiger charge is -2.25. The summed E-state index contributed by atoms with van der Waals surface area (Å²) < 4.78 is 13.9. The van der Waals surface area contributed by atoms with Crippen LogP contribution in [0.2, 0.25) is 0 Å². The summed E-state index contributed by atoms with van der Waals surface area (Å²) in [5.74, 6) is 0.887. The van der Waals surface area contributed by atoms with Gasteiger partial charge in [-0.25, -0.2) is 4.79 Å². The molecule has 3 aromatic rings. The Kier molecular flexibility index (Phi) is 4.15. The SMILES string of the molecule is Cn1c2c(c(=O)n(C)c1=O)[C@H](c1ccc([C@H]3C[C@H]3c3ccccc3)o1)C(C#N)=C(N)O2. The zero-order chi connectivity index (χ0) is 21.9. The summed E-state index contributed by atoms with van der Waals surface area (Å²) in [6.45, 7) is 0. The molecule has 2 aliphatic rings. The first kappa shape index (κ1) is 19.0. The molecule has 0 amide bonds. The minimum atomic E-state index is -0.845. The number of ether oxygens (including phenoxy) is 1. The Morgan fingerprint density at radius 2 is 1.74 bits per heavy atom. The lowest BCUT2D eigenvalue weighted by molar-refractivity contribution is 0.340. The molecule has 8 nitrogen and oxygen atoms in total.